The van der Waals surface area contributed by atoms with Crippen LogP contribution in [0.25, 0.3) is 0 Å². The van der Waals surface area contributed by atoms with Gasteiger partial charge in [0.15, 0.2) is 0 Å². The van der Waals surface area contributed by atoms with E-state index in [4.69, 9.17) is 0 Å². The Labute approximate surface area is 98.3 Å². The predicted molar refractivity (Wildman–Crippen MR) is 57.9 cm³/mol. The second kappa shape index (κ2) is 7.40. The van der Waals surface area contributed by atoms with Crippen LogP contribution in [0.15, 0.2) is 60.7 Å². The molecule has 2 aromatic rings. The third kappa shape index (κ3) is 4.42. The first kappa shape index (κ1) is 14.1. The topological polar surface area (TPSA) is 0 Å². The molecule has 3 heteroatoms. The zero-order valence-corrected chi connectivity index (χ0v) is 10.9. The molecule has 15 heavy (non-hydrogen) atoms. The van der Waals surface area contributed by atoms with Crippen LogP contribution in [0.4, 0.5) is 0 Å². The van der Waals surface area contributed by atoms with E-state index in [0.717, 1.165) is 0 Å². The predicted octanol–water partition coefficient (Wildman–Crippen LogP) is -4.65. The van der Waals surface area contributed by atoms with Gasteiger partial charge in [-0.3, -0.25) is 0 Å². The second-order valence-corrected chi connectivity index (χ2v) is 6.87. The molecule has 2 aromatic carbocycles. The fourth-order valence-electron chi connectivity index (χ4n) is 1.21. The summed E-state index contributed by atoms with van der Waals surface area (Å²) in [5, 5.41) is 0. The summed E-state index contributed by atoms with van der Waals surface area (Å²) in [6.07, 6.45) is 0. The Hall–Kier alpha value is -0.901. The molecule has 0 N–H and O–H groups in total. The van der Waals surface area contributed by atoms with Gasteiger partial charge in [-0.1, -0.05) is 0 Å². The SMILES string of the molecule is [F-].[F-].c1cc[c]([Sn+2][c]2ccccc2)cc1. The van der Waals surface area contributed by atoms with Gasteiger partial charge in [0.2, 0.25) is 0 Å². The molecule has 0 aromatic heterocycles. The first-order chi connectivity index (χ1) is 6.45. The van der Waals surface area contributed by atoms with E-state index in [-0.39, 0.29) is 9.41 Å². The Kier molecular flexibility index (Phi) is 6.95. The normalized spacial score (nSPS) is 8.00. The van der Waals surface area contributed by atoms with Gasteiger partial charge in [-0.25, -0.2) is 0 Å². The third-order valence-corrected chi connectivity index (χ3v) is 5.39. The molecule has 0 fully saturated rings. The molecule has 0 heterocycles. The summed E-state index contributed by atoms with van der Waals surface area (Å²) in [6.45, 7) is 0. The molecule has 76 valence electrons. The Morgan fingerprint density at radius 2 is 0.867 bits per heavy atom. The summed E-state index contributed by atoms with van der Waals surface area (Å²) in [4.78, 5) is 0. The van der Waals surface area contributed by atoms with Gasteiger partial charge in [0.1, 0.15) is 0 Å². The van der Waals surface area contributed by atoms with Crippen molar-refractivity contribution < 1.29 is 9.41 Å². The number of hydrogen-bond acceptors (Lipinski definition) is 0. The van der Waals surface area contributed by atoms with Crippen molar-refractivity contribution in [2.24, 2.45) is 0 Å². The van der Waals surface area contributed by atoms with Crippen LogP contribution < -0.4 is 16.6 Å². The van der Waals surface area contributed by atoms with Crippen molar-refractivity contribution in [3.05, 3.63) is 60.7 Å². The number of halogens is 2. The average molecular weight is 311 g/mol. The van der Waals surface area contributed by atoms with E-state index in [9.17, 15) is 0 Å². The van der Waals surface area contributed by atoms with Gasteiger partial charge in [-0.15, -0.1) is 0 Å². The van der Waals surface area contributed by atoms with Crippen LogP contribution in [-0.4, -0.2) is 21.1 Å². The van der Waals surface area contributed by atoms with Gasteiger partial charge in [-0.05, 0) is 0 Å². The first-order valence-electron chi connectivity index (χ1n) is 4.32. The molecule has 0 saturated carbocycles. The molecule has 0 spiro atoms. The summed E-state index contributed by atoms with van der Waals surface area (Å²) < 4.78 is 3.08. The number of hydrogen-bond donors (Lipinski definition) is 0. The molecule has 0 nitrogen and oxygen atoms in total. The van der Waals surface area contributed by atoms with Crippen molar-refractivity contribution in [2.75, 3.05) is 0 Å². The standard InChI is InChI=1S/2C6H5.2FH.Sn/c2*1-2-4-6-5-3-1;;;/h2*1-5H;2*1H;/q;;;;+2/p-2. The minimum atomic E-state index is -0.517. The van der Waals surface area contributed by atoms with E-state index in [2.05, 4.69) is 60.7 Å². The van der Waals surface area contributed by atoms with E-state index >= 15 is 0 Å². The van der Waals surface area contributed by atoms with Crippen molar-refractivity contribution in [2.45, 2.75) is 0 Å². The quantitative estimate of drug-likeness (QED) is 0.490. The molecule has 0 aliphatic rings. The number of benzene rings is 2. The van der Waals surface area contributed by atoms with Crippen LogP contribution in [0, 0.1) is 0 Å². The van der Waals surface area contributed by atoms with E-state index in [1.54, 1.807) is 0 Å². The van der Waals surface area contributed by atoms with Crippen molar-refractivity contribution in [1.29, 1.82) is 0 Å². The van der Waals surface area contributed by atoms with Crippen LogP contribution in [0.3, 0.4) is 0 Å². The molecule has 2 rings (SSSR count). The van der Waals surface area contributed by atoms with E-state index in [0.29, 0.717) is 0 Å². The zero-order valence-electron chi connectivity index (χ0n) is 8.03. The molecule has 0 atom stereocenters. The van der Waals surface area contributed by atoms with Crippen LogP contribution in [0.5, 0.6) is 0 Å². The maximum atomic E-state index is 2.24. The summed E-state index contributed by atoms with van der Waals surface area (Å²) in [5.41, 5.74) is 0. The van der Waals surface area contributed by atoms with Gasteiger partial charge >= 0.3 is 89.0 Å². The van der Waals surface area contributed by atoms with Gasteiger partial charge in [-0.2, -0.15) is 0 Å². The molecular weight excluding hydrogens is 301 g/mol. The summed E-state index contributed by atoms with van der Waals surface area (Å²) >= 11 is -0.517. The van der Waals surface area contributed by atoms with E-state index in [1.807, 2.05) is 0 Å². The van der Waals surface area contributed by atoms with Crippen molar-refractivity contribution in [1.82, 2.24) is 0 Å². The number of rotatable bonds is 2. The summed E-state index contributed by atoms with van der Waals surface area (Å²) in [6, 6.07) is 21.6. The van der Waals surface area contributed by atoms with Gasteiger partial charge in [0, 0.05) is 0 Å². The van der Waals surface area contributed by atoms with Crippen molar-refractivity contribution in [3.63, 3.8) is 0 Å². The minimum absolute atomic E-state index is 0. The summed E-state index contributed by atoms with van der Waals surface area (Å²) in [7, 11) is 0. The van der Waals surface area contributed by atoms with Crippen LogP contribution in [-0.2, 0) is 0 Å². The van der Waals surface area contributed by atoms with Crippen molar-refractivity contribution >= 4 is 28.3 Å². The van der Waals surface area contributed by atoms with Crippen molar-refractivity contribution in [3.8, 4) is 0 Å². The maximum absolute atomic E-state index is 2.24. The molecule has 0 unspecified atom stereocenters. The van der Waals surface area contributed by atoms with E-state index in [1.165, 1.54) is 7.16 Å². The molecule has 0 aliphatic heterocycles. The van der Waals surface area contributed by atoms with Gasteiger partial charge in [0.25, 0.3) is 0 Å². The molecule has 0 bridgehead atoms. The fourth-order valence-corrected chi connectivity index (χ4v) is 4.21. The molecule has 0 amide bonds. The molecular formula is C12H10F2Sn. The summed E-state index contributed by atoms with van der Waals surface area (Å²) in [5.74, 6) is 0. The van der Waals surface area contributed by atoms with Gasteiger partial charge in [0.05, 0.1) is 0 Å². The second-order valence-electron chi connectivity index (χ2n) is 2.86. The van der Waals surface area contributed by atoms with Gasteiger partial charge < -0.3 is 9.41 Å². The Balaban J connectivity index is 0.000000980. The Morgan fingerprint density at radius 1 is 0.533 bits per heavy atom. The third-order valence-electron chi connectivity index (χ3n) is 1.84. The van der Waals surface area contributed by atoms with Crippen LogP contribution in [0.2, 0.25) is 0 Å². The Morgan fingerprint density at radius 3 is 1.20 bits per heavy atom. The monoisotopic (exact) mass is 312 g/mol. The molecule has 0 saturated heterocycles. The fraction of sp³-hybridized carbons (Fsp3) is 0. The molecule has 0 aliphatic carbocycles. The first-order valence-corrected chi connectivity index (χ1v) is 7.18. The van der Waals surface area contributed by atoms with E-state index < -0.39 is 21.1 Å². The molecule has 0 radical (unpaired) electrons. The zero-order chi connectivity index (χ0) is 8.93. The average Bonchev–Trinajstić information content (AvgIpc) is 2.21. The van der Waals surface area contributed by atoms with Crippen LogP contribution in [0.1, 0.15) is 0 Å². The van der Waals surface area contributed by atoms with Crippen LogP contribution >= 0.6 is 0 Å². The Bertz CT molecular complexity index is 324.